The zero-order valence-corrected chi connectivity index (χ0v) is 21.7. The van der Waals surface area contributed by atoms with Crippen molar-refractivity contribution in [3.8, 4) is 5.69 Å². The Kier molecular flexibility index (Phi) is 7.01. The molecule has 0 bridgehead atoms. The normalized spacial score (nSPS) is 11.9. The van der Waals surface area contributed by atoms with Crippen molar-refractivity contribution >= 4 is 17.5 Å². The minimum absolute atomic E-state index is 0.0582. The maximum atomic E-state index is 13.1. The van der Waals surface area contributed by atoms with E-state index >= 15 is 0 Å². The number of anilines is 1. The maximum absolute atomic E-state index is 13.1. The van der Waals surface area contributed by atoms with Gasteiger partial charge in [-0.25, -0.2) is 4.68 Å². The van der Waals surface area contributed by atoms with Gasteiger partial charge in [-0.3, -0.25) is 14.4 Å². The van der Waals surface area contributed by atoms with Crippen LogP contribution in [0.25, 0.3) is 5.69 Å². The van der Waals surface area contributed by atoms with E-state index in [1.54, 1.807) is 37.5 Å². The van der Waals surface area contributed by atoms with Crippen LogP contribution in [-0.4, -0.2) is 37.9 Å². The van der Waals surface area contributed by atoms with Gasteiger partial charge < -0.3 is 15.2 Å². The SMILES string of the molecule is Cc1ccc(C(=O)Nc2cc(C(C)(C)C)cn(C)c2=O)cc1-n1cc(C(=O)NCC(C)(C)C)nn1. The van der Waals surface area contributed by atoms with Gasteiger partial charge in [0, 0.05) is 25.4 Å². The van der Waals surface area contributed by atoms with Crippen molar-refractivity contribution in [2.45, 2.75) is 53.9 Å². The molecule has 0 saturated carbocycles. The summed E-state index contributed by atoms with van der Waals surface area (Å²) in [6, 6.07) is 6.85. The van der Waals surface area contributed by atoms with Gasteiger partial charge in [-0.2, -0.15) is 0 Å². The van der Waals surface area contributed by atoms with Crippen LogP contribution in [0.15, 0.2) is 41.5 Å². The summed E-state index contributed by atoms with van der Waals surface area (Å²) in [4.78, 5) is 38.1. The van der Waals surface area contributed by atoms with E-state index in [-0.39, 0.29) is 33.7 Å². The van der Waals surface area contributed by atoms with Crippen LogP contribution < -0.4 is 16.2 Å². The minimum atomic E-state index is -0.419. The van der Waals surface area contributed by atoms with E-state index in [0.29, 0.717) is 17.8 Å². The Hall–Kier alpha value is -3.75. The van der Waals surface area contributed by atoms with Gasteiger partial charge in [0.25, 0.3) is 17.4 Å². The molecule has 2 heterocycles. The standard InChI is InChI=1S/C26H34N6O3/c1-16-9-10-17(22(33)28-19-12-18(26(5,6)7)13-31(8)24(19)35)11-21(16)32-14-20(29-30-32)23(34)27-15-25(2,3)4/h9-14H,15H2,1-8H3,(H,27,34)(H,28,33). The molecular formula is C26H34N6O3. The Morgan fingerprint density at radius 3 is 2.31 bits per heavy atom. The molecule has 3 aromatic rings. The van der Waals surface area contributed by atoms with Gasteiger partial charge in [-0.15, -0.1) is 5.10 Å². The van der Waals surface area contributed by atoms with Crippen molar-refractivity contribution in [2.24, 2.45) is 12.5 Å². The molecule has 35 heavy (non-hydrogen) atoms. The van der Waals surface area contributed by atoms with Crippen molar-refractivity contribution in [1.82, 2.24) is 24.9 Å². The average Bonchev–Trinajstić information content (AvgIpc) is 3.24. The van der Waals surface area contributed by atoms with Gasteiger partial charge >= 0.3 is 0 Å². The molecule has 0 unspecified atom stereocenters. The Morgan fingerprint density at radius 2 is 1.69 bits per heavy atom. The number of nitrogens with zero attached hydrogens (tertiary/aromatic N) is 4. The van der Waals surface area contributed by atoms with E-state index in [0.717, 1.165) is 11.1 Å². The van der Waals surface area contributed by atoms with E-state index < -0.39 is 5.91 Å². The summed E-state index contributed by atoms with van der Waals surface area (Å²) < 4.78 is 2.94. The third-order valence-corrected chi connectivity index (χ3v) is 5.52. The largest absolute Gasteiger partial charge is 0.350 e. The molecule has 2 aromatic heterocycles. The highest BCUT2D eigenvalue weighted by Gasteiger charge is 2.20. The smallest absolute Gasteiger partial charge is 0.274 e. The molecule has 9 nitrogen and oxygen atoms in total. The number of carbonyl (C=O) groups excluding carboxylic acids is 2. The second-order valence-corrected chi connectivity index (χ2v) is 11.1. The zero-order valence-electron chi connectivity index (χ0n) is 21.7. The molecule has 0 spiro atoms. The van der Waals surface area contributed by atoms with Crippen LogP contribution in [0.4, 0.5) is 5.69 Å². The Balaban J connectivity index is 1.86. The van der Waals surface area contributed by atoms with Crippen molar-refractivity contribution in [1.29, 1.82) is 0 Å². The molecule has 0 atom stereocenters. The van der Waals surface area contributed by atoms with Gasteiger partial charge in [0.05, 0.1) is 11.9 Å². The highest BCUT2D eigenvalue weighted by molar-refractivity contribution is 6.04. The summed E-state index contributed by atoms with van der Waals surface area (Å²) in [6.45, 7) is 14.6. The van der Waals surface area contributed by atoms with E-state index in [2.05, 4.69) is 20.9 Å². The van der Waals surface area contributed by atoms with Crippen molar-refractivity contribution in [3.63, 3.8) is 0 Å². The Morgan fingerprint density at radius 1 is 1.00 bits per heavy atom. The number of hydrogen-bond acceptors (Lipinski definition) is 5. The molecule has 0 saturated heterocycles. The summed E-state index contributed by atoms with van der Waals surface area (Å²) >= 11 is 0. The molecule has 0 aliphatic rings. The molecule has 0 aliphatic carbocycles. The van der Waals surface area contributed by atoms with Crippen molar-refractivity contribution in [2.75, 3.05) is 11.9 Å². The third-order valence-electron chi connectivity index (χ3n) is 5.52. The van der Waals surface area contributed by atoms with E-state index in [4.69, 9.17) is 0 Å². The zero-order chi connectivity index (χ0) is 26.1. The quantitative estimate of drug-likeness (QED) is 0.582. The van der Waals surface area contributed by atoms with Crippen LogP contribution in [0.3, 0.4) is 0 Å². The first kappa shape index (κ1) is 25.9. The molecule has 186 valence electrons. The molecule has 9 heteroatoms. The highest BCUT2D eigenvalue weighted by atomic mass is 16.2. The molecule has 2 N–H and O–H groups in total. The molecular weight excluding hydrogens is 444 g/mol. The number of aryl methyl sites for hydroxylation is 2. The average molecular weight is 479 g/mol. The number of amides is 2. The van der Waals surface area contributed by atoms with Crippen molar-refractivity contribution < 1.29 is 9.59 Å². The Labute approximate surface area is 205 Å². The topological polar surface area (TPSA) is 111 Å². The van der Waals surface area contributed by atoms with E-state index in [9.17, 15) is 14.4 Å². The Bertz CT molecular complexity index is 1320. The van der Waals surface area contributed by atoms with Gasteiger partial charge in [0.15, 0.2) is 5.69 Å². The second kappa shape index (κ2) is 9.48. The van der Waals surface area contributed by atoms with Gasteiger partial charge in [0.1, 0.15) is 5.69 Å². The summed E-state index contributed by atoms with van der Waals surface area (Å²) in [5, 5.41) is 13.7. The van der Waals surface area contributed by atoms with Gasteiger partial charge in [0.2, 0.25) is 0 Å². The van der Waals surface area contributed by atoms with E-state index in [1.807, 2.05) is 48.5 Å². The van der Waals surface area contributed by atoms with Crippen LogP contribution in [-0.2, 0) is 12.5 Å². The predicted molar refractivity (Wildman–Crippen MR) is 136 cm³/mol. The van der Waals surface area contributed by atoms with Crippen LogP contribution in [0.5, 0.6) is 0 Å². The highest BCUT2D eigenvalue weighted by Crippen LogP contribution is 2.23. The first-order valence-electron chi connectivity index (χ1n) is 11.5. The molecule has 0 radical (unpaired) electrons. The fourth-order valence-electron chi connectivity index (χ4n) is 3.32. The summed E-state index contributed by atoms with van der Waals surface area (Å²) in [6.07, 6.45) is 3.31. The van der Waals surface area contributed by atoms with Crippen LogP contribution in [0.2, 0.25) is 0 Å². The van der Waals surface area contributed by atoms with Crippen LogP contribution in [0, 0.1) is 12.3 Å². The number of carbonyl (C=O) groups is 2. The number of benzene rings is 1. The minimum Gasteiger partial charge on any atom is -0.350 e. The van der Waals surface area contributed by atoms with E-state index in [1.165, 1.54) is 15.4 Å². The number of nitrogens with one attached hydrogen (secondary N) is 2. The maximum Gasteiger partial charge on any atom is 0.274 e. The molecule has 2 amide bonds. The monoisotopic (exact) mass is 478 g/mol. The number of hydrogen-bond donors (Lipinski definition) is 2. The number of rotatable bonds is 5. The lowest BCUT2D eigenvalue weighted by Crippen LogP contribution is -2.32. The lowest BCUT2D eigenvalue weighted by atomic mass is 9.88. The number of pyridine rings is 1. The third kappa shape index (κ3) is 6.23. The van der Waals surface area contributed by atoms with Crippen molar-refractivity contribution in [3.05, 3.63) is 69.4 Å². The fraction of sp³-hybridized carbons (Fsp3) is 0.423. The summed E-state index contributed by atoms with van der Waals surface area (Å²) in [7, 11) is 1.66. The lowest BCUT2D eigenvalue weighted by molar-refractivity contribution is 0.0933. The van der Waals surface area contributed by atoms with Crippen LogP contribution >= 0.6 is 0 Å². The summed E-state index contributed by atoms with van der Waals surface area (Å²) in [5.41, 5.74) is 2.60. The molecule has 3 rings (SSSR count). The molecule has 1 aromatic carbocycles. The molecule has 0 aliphatic heterocycles. The van der Waals surface area contributed by atoms with Crippen LogP contribution in [0.1, 0.15) is 73.5 Å². The first-order chi connectivity index (χ1) is 16.2. The fourth-order valence-corrected chi connectivity index (χ4v) is 3.32. The molecule has 0 fully saturated rings. The van der Waals surface area contributed by atoms with Gasteiger partial charge in [-0.1, -0.05) is 52.8 Å². The lowest BCUT2D eigenvalue weighted by Gasteiger charge is -2.21. The van der Waals surface area contributed by atoms with Gasteiger partial charge in [-0.05, 0) is 47.1 Å². The summed E-state index contributed by atoms with van der Waals surface area (Å²) in [5.74, 6) is -0.732. The second-order valence-electron chi connectivity index (χ2n) is 11.1. The number of aromatic nitrogens is 4. The first-order valence-corrected chi connectivity index (χ1v) is 11.5. The predicted octanol–water partition coefficient (Wildman–Crippen LogP) is 3.60.